The number of nitrogens with one attached hydrogen (secondary N) is 1. The van der Waals surface area contributed by atoms with Gasteiger partial charge in [-0.05, 0) is 30.9 Å². The highest BCUT2D eigenvalue weighted by atomic mass is 16.6. The summed E-state index contributed by atoms with van der Waals surface area (Å²) in [6.07, 6.45) is 1.89. The Morgan fingerprint density at radius 3 is 2.55 bits per heavy atom. The molecule has 6 nitrogen and oxygen atoms in total. The Labute approximate surface area is 129 Å². The molecule has 1 saturated heterocycles. The lowest BCUT2D eigenvalue weighted by atomic mass is 9.99. The van der Waals surface area contributed by atoms with Crippen LogP contribution in [0.2, 0.25) is 0 Å². The van der Waals surface area contributed by atoms with E-state index in [4.69, 9.17) is 9.47 Å². The number of amides is 2. The first kappa shape index (κ1) is 14.7. The van der Waals surface area contributed by atoms with E-state index in [0.717, 1.165) is 12.8 Å². The Balaban J connectivity index is 1.62. The molecule has 0 unspecified atom stereocenters. The van der Waals surface area contributed by atoms with Gasteiger partial charge in [-0.25, -0.2) is 0 Å². The third kappa shape index (κ3) is 3.16. The zero-order valence-corrected chi connectivity index (χ0v) is 12.6. The predicted molar refractivity (Wildman–Crippen MR) is 81.0 cm³/mol. The fourth-order valence-corrected chi connectivity index (χ4v) is 2.66. The summed E-state index contributed by atoms with van der Waals surface area (Å²) in [5.41, 5.74) is 0.535. The van der Waals surface area contributed by atoms with Crippen LogP contribution in [0.1, 0.15) is 19.8 Å². The summed E-state index contributed by atoms with van der Waals surface area (Å²) in [5, 5.41) is 2.63. The molecule has 0 bridgehead atoms. The molecule has 2 amide bonds. The quantitative estimate of drug-likeness (QED) is 0.801. The largest absolute Gasteiger partial charge is 0.486 e. The van der Waals surface area contributed by atoms with Gasteiger partial charge < -0.3 is 19.7 Å². The molecule has 2 aliphatic heterocycles. The Morgan fingerprint density at radius 1 is 1.14 bits per heavy atom. The minimum Gasteiger partial charge on any atom is -0.486 e. The Kier molecular flexibility index (Phi) is 4.18. The average molecular weight is 304 g/mol. The molecular weight excluding hydrogens is 284 g/mol. The van der Waals surface area contributed by atoms with Crippen LogP contribution in [0.15, 0.2) is 18.2 Å². The summed E-state index contributed by atoms with van der Waals surface area (Å²) >= 11 is 0. The molecule has 0 aromatic heterocycles. The molecule has 1 aromatic rings. The van der Waals surface area contributed by atoms with E-state index in [-0.39, 0.29) is 0 Å². The van der Waals surface area contributed by atoms with Gasteiger partial charge in [-0.15, -0.1) is 0 Å². The Morgan fingerprint density at radius 2 is 1.82 bits per heavy atom. The van der Waals surface area contributed by atoms with Crippen LogP contribution in [-0.4, -0.2) is 43.0 Å². The van der Waals surface area contributed by atoms with Gasteiger partial charge in [-0.3, -0.25) is 9.59 Å². The predicted octanol–water partition coefficient (Wildman–Crippen LogP) is 1.65. The highest BCUT2D eigenvalue weighted by molar-refractivity contribution is 6.39. The van der Waals surface area contributed by atoms with Crippen molar-refractivity contribution >= 4 is 17.5 Å². The smallest absolute Gasteiger partial charge is 0.313 e. The fourth-order valence-electron chi connectivity index (χ4n) is 2.66. The minimum absolute atomic E-state index is 0.471. The number of piperidine rings is 1. The standard InChI is InChI=1S/C16H20N2O4/c1-11-4-6-18(7-5-11)16(20)15(19)17-12-2-3-13-14(10-12)22-9-8-21-13/h2-3,10-11H,4-9H2,1H3,(H,17,19). The van der Waals surface area contributed by atoms with Gasteiger partial charge in [0, 0.05) is 24.8 Å². The van der Waals surface area contributed by atoms with Crippen LogP contribution < -0.4 is 14.8 Å². The van der Waals surface area contributed by atoms with E-state index < -0.39 is 11.8 Å². The van der Waals surface area contributed by atoms with Crippen LogP contribution in [0.4, 0.5) is 5.69 Å². The van der Waals surface area contributed by atoms with E-state index in [1.807, 2.05) is 0 Å². The van der Waals surface area contributed by atoms with Gasteiger partial charge in [-0.1, -0.05) is 6.92 Å². The molecule has 1 aromatic carbocycles. The van der Waals surface area contributed by atoms with E-state index in [1.54, 1.807) is 23.1 Å². The summed E-state index contributed by atoms with van der Waals surface area (Å²) in [6, 6.07) is 5.12. The van der Waals surface area contributed by atoms with Gasteiger partial charge >= 0.3 is 11.8 Å². The van der Waals surface area contributed by atoms with Gasteiger partial charge in [0.05, 0.1) is 0 Å². The van der Waals surface area contributed by atoms with Crippen LogP contribution in [-0.2, 0) is 9.59 Å². The van der Waals surface area contributed by atoms with Crippen LogP contribution in [0.25, 0.3) is 0 Å². The molecule has 2 aliphatic rings. The lowest BCUT2D eigenvalue weighted by Gasteiger charge is -2.29. The Bertz CT molecular complexity index is 580. The molecule has 0 aliphatic carbocycles. The van der Waals surface area contributed by atoms with Crippen LogP contribution >= 0.6 is 0 Å². The highest BCUT2D eigenvalue weighted by Crippen LogP contribution is 2.32. The molecule has 1 fully saturated rings. The van der Waals surface area contributed by atoms with Crippen molar-refractivity contribution in [2.45, 2.75) is 19.8 Å². The first-order valence-electron chi connectivity index (χ1n) is 7.63. The van der Waals surface area contributed by atoms with Crippen molar-refractivity contribution in [1.82, 2.24) is 4.90 Å². The number of likely N-dealkylation sites (tertiary alicyclic amines) is 1. The van der Waals surface area contributed by atoms with Crippen molar-refractivity contribution in [1.29, 1.82) is 0 Å². The number of anilines is 1. The third-order valence-corrected chi connectivity index (χ3v) is 4.07. The van der Waals surface area contributed by atoms with Crippen molar-refractivity contribution in [3.05, 3.63) is 18.2 Å². The van der Waals surface area contributed by atoms with Gasteiger partial charge in [-0.2, -0.15) is 0 Å². The monoisotopic (exact) mass is 304 g/mol. The topological polar surface area (TPSA) is 67.9 Å². The molecule has 0 saturated carbocycles. The van der Waals surface area contributed by atoms with E-state index in [9.17, 15) is 9.59 Å². The van der Waals surface area contributed by atoms with E-state index in [1.165, 1.54) is 0 Å². The molecule has 2 heterocycles. The zero-order chi connectivity index (χ0) is 15.5. The molecule has 0 atom stereocenters. The average Bonchev–Trinajstić information content (AvgIpc) is 2.55. The van der Waals surface area contributed by atoms with Crippen molar-refractivity contribution < 1.29 is 19.1 Å². The van der Waals surface area contributed by atoms with E-state index in [2.05, 4.69) is 12.2 Å². The summed E-state index contributed by atoms with van der Waals surface area (Å²) in [4.78, 5) is 25.9. The molecule has 118 valence electrons. The van der Waals surface area contributed by atoms with Crippen LogP contribution in [0.3, 0.4) is 0 Å². The first-order chi connectivity index (χ1) is 10.6. The van der Waals surface area contributed by atoms with Crippen molar-refractivity contribution in [2.75, 3.05) is 31.6 Å². The maximum absolute atomic E-state index is 12.2. The van der Waals surface area contributed by atoms with Crippen LogP contribution in [0.5, 0.6) is 11.5 Å². The summed E-state index contributed by atoms with van der Waals surface area (Å²) in [6.45, 7) is 4.46. The van der Waals surface area contributed by atoms with Gasteiger partial charge in [0.2, 0.25) is 0 Å². The van der Waals surface area contributed by atoms with Gasteiger partial charge in [0.25, 0.3) is 0 Å². The highest BCUT2D eigenvalue weighted by Gasteiger charge is 2.25. The number of rotatable bonds is 1. The van der Waals surface area contributed by atoms with Gasteiger partial charge in [0.1, 0.15) is 13.2 Å². The summed E-state index contributed by atoms with van der Waals surface area (Å²) in [5.74, 6) is 0.779. The zero-order valence-electron chi connectivity index (χ0n) is 12.6. The second-order valence-electron chi connectivity index (χ2n) is 5.79. The fraction of sp³-hybridized carbons (Fsp3) is 0.500. The van der Waals surface area contributed by atoms with E-state index >= 15 is 0 Å². The Hall–Kier alpha value is -2.24. The maximum atomic E-state index is 12.2. The normalized spacial score (nSPS) is 18.0. The molecular formula is C16H20N2O4. The molecule has 1 N–H and O–H groups in total. The number of benzene rings is 1. The molecule has 6 heteroatoms. The van der Waals surface area contributed by atoms with Gasteiger partial charge in [0.15, 0.2) is 11.5 Å². The number of fused-ring (bicyclic) bond motifs is 1. The lowest BCUT2D eigenvalue weighted by Crippen LogP contribution is -2.43. The molecule has 0 spiro atoms. The molecule has 3 rings (SSSR count). The first-order valence-corrected chi connectivity index (χ1v) is 7.63. The number of nitrogens with zero attached hydrogens (tertiary/aromatic N) is 1. The number of hydrogen-bond acceptors (Lipinski definition) is 4. The summed E-state index contributed by atoms with van der Waals surface area (Å²) < 4.78 is 10.9. The number of ether oxygens (including phenoxy) is 2. The van der Waals surface area contributed by atoms with Crippen LogP contribution in [0, 0.1) is 5.92 Å². The SMILES string of the molecule is CC1CCN(C(=O)C(=O)Nc2ccc3c(c2)OCCO3)CC1. The lowest BCUT2D eigenvalue weighted by molar-refractivity contribution is -0.144. The second-order valence-corrected chi connectivity index (χ2v) is 5.79. The second kappa shape index (κ2) is 6.25. The van der Waals surface area contributed by atoms with Crippen molar-refractivity contribution in [2.24, 2.45) is 5.92 Å². The minimum atomic E-state index is -0.605. The maximum Gasteiger partial charge on any atom is 0.313 e. The number of carbonyl (C=O) groups excluding carboxylic acids is 2. The number of carbonyl (C=O) groups is 2. The number of hydrogen-bond donors (Lipinski definition) is 1. The third-order valence-electron chi connectivity index (χ3n) is 4.07. The van der Waals surface area contributed by atoms with E-state index in [0.29, 0.717) is 49.4 Å². The molecule has 0 radical (unpaired) electrons. The van der Waals surface area contributed by atoms with Crippen molar-refractivity contribution in [3.8, 4) is 11.5 Å². The van der Waals surface area contributed by atoms with Crippen molar-refractivity contribution in [3.63, 3.8) is 0 Å². The summed E-state index contributed by atoms with van der Waals surface area (Å²) in [7, 11) is 0. The molecule has 22 heavy (non-hydrogen) atoms.